The molecule has 4 N–H and O–H groups in total. The van der Waals surface area contributed by atoms with Gasteiger partial charge in [-0.2, -0.15) is 5.10 Å². The largest absolute Gasteiger partial charge is 0.490 e. The van der Waals surface area contributed by atoms with Crippen molar-refractivity contribution in [1.82, 2.24) is 16.1 Å². The first-order valence-corrected chi connectivity index (χ1v) is 16.1. The van der Waals surface area contributed by atoms with Crippen LogP contribution in [0, 0.1) is 0 Å². The average molecular weight is 801 g/mol. The predicted octanol–water partition coefficient (Wildman–Crippen LogP) is 6.62. The van der Waals surface area contributed by atoms with Crippen molar-refractivity contribution in [3.63, 3.8) is 0 Å². The number of nitrogens with one attached hydrogen (secondary N) is 3. The number of urea groups is 1. The zero-order valence-corrected chi connectivity index (χ0v) is 29.5. The van der Waals surface area contributed by atoms with Crippen molar-refractivity contribution >= 4 is 73.3 Å². The number of hydrogen-bond donors (Lipinski definition) is 4. The highest BCUT2D eigenvalue weighted by Gasteiger charge is 2.32. The van der Waals surface area contributed by atoms with E-state index in [1.165, 1.54) is 13.3 Å². The van der Waals surface area contributed by atoms with E-state index in [1.807, 2.05) is 6.07 Å². The molecule has 1 aliphatic heterocycles. The van der Waals surface area contributed by atoms with Gasteiger partial charge in [-0.15, -0.1) is 0 Å². The van der Waals surface area contributed by atoms with Crippen molar-refractivity contribution < 1.29 is 33.6 Å². The Bertz CT molecular complexity index is 1670. The van der Waals surface area contributed by atoms with Crippen LogP contribution < -0.4 is 30.3 Å². The van der Waals surface area contributed by atoms with Crippen LogP contribution in [-0.2, 0) is 16.1 Å². The van der Waals surface area contributed by atoms with Crippen molar-refractivity contribution in [2.75, 3.05) is 20.3 Å². The van der Waals surface area contributed by atoms with Crippen LogP contribution >= 0.6 is 55.1 Å². The van der Waals surface area contributed by atoms with Crippen molar-refractivity contribution in [1.29, 1.82) is 0 Å². The summed E-state index contributed by atoms with van der Waals surface area (Å²) < 4.78 is 24.0. The van der Waals surface area contributed by atoms with Crippen LogP contribution in [0.4, 0.5) is 4.79 Å². The zero-order valence-electron chi connectivity index (χ0n) is 24.8. The molecule has 244 valence electrons. The number of ether oxygens (including phenoxy) is 4. The van der Waals surface area contributed by atoms with Gasteiger partial charge < -0.3 is 34.7 Å². The Labute approximate surface area is 292 Å². The van der Waals surface area contributed by atoms with Gasteiger partial charge in [-0.3, -0.25) is 5.43 Å². The first-order valence-electron chi connectivity index (χ1n) is 13.8. The van der Waals surface area contributed by atoms with E-state index >= 15 is 0 Å². The van der Waals surface area contributed by atoms with Crippen LogP contribution in [0.3, 0.4) is 0 Å². The molecule has 0 radical (unpaired) electrons. The van der Waals surface area contributed by atoms with Crippen molar-refractivity contribution in [2.24, 2.45) is 5.10 Å². The number of aliphatic hydroxyl groups is 1. The molecule has 2 atom stereocenters. The summed E-state index contributed by atoms with van der Waals surface area (Å²) in [4.78, 5) is 24.7. The van der Waals surface area contributed by atoms with Crippen LogP contribution in [0.2, 0.25) is 10.0 Å². The Morgan fingerprint density at radius 1 is 1.11 bits per heavy atom. The van der Waals surface area contributed by atoms with E-state index in [9.17, 15) is 14.7 Å². The second-order valence-electron chi connectivity index (χ2n) is 9.75. The maximum Gasteiger partial charge on any atom is 0.337 e. The molecule has 0 spiro atoms. The molecule has 15 heteroatoms. The summed E-state index contributed by atoms with van der Waals surface area (Å²) in [6, 6.07) is 12.6. The quantitative estimate of drug-likeness (QED) is 0.0656. The predicted molar refractivity (Wildman–Crippen MR) is 182 cm³/mol. The van der Waals surface area contributed by atoms with Gasteiger partial charge in [0.1, 0.15) is 19.0 Å². The van der Waals surface area contributed by atoms with E-state index in [-0.39, 0.29) is 18.8 Å². The molecule has 0 saturated heterocycles. The van der Waals surface area contributed by atoms with Gasteiger partial charge in [0.2, 0.25) is 0 Å². The zero-order chi connectivity index (χ0) is 33.4. The molecule has 0 aliphatic carbocycles. The Morgan fingerprint density at radius 2 is 1.89 bits per heavy atom. The third kappa shape index (κ3) is 9.07. The fourth-order valence-electron chi connectivity index (χ4n) is 4.43. The molecule has 3 aromatic carbocycles. The molecule has 1 heterocycles. The van der Waals surface area contributed by atoms with Crippen molar-refractivity contribution in [2.45, 2.75) is 32.7 Å². The Kier molecular flexibility index (Phi) is 12.6. The third-order valence-corrected chi connectivity index (χ3v) is 8.16. The van der Waals surface area contributed by atoms with Crippen LogP contribution in [0.15, 0.2) is 73.8 Å². The van der Waals surface area contributed by atoms with Gasteiger partial charge in [-0.05, 0) is 71.7 Å². The normalized spacial score (nSPS) is 15.2. The summed E-state index contributed by atoms with van der Waals surface area (Å²) in [7, 11) is 1.27. The molecule has 0 fully saturated rings. The minimum Gasteiger partial charge on any atom is -0.490 e. The highest BCUT2D eigenvalue weighted by Crippen LogP contribution is 2.36. The lowest BCUT2D eigenvalue weighted by Crippen LogP contribution is -2.45. The number of halogens is 4. The Morgan fingerprint density at radius 3 is 2.61 bits per heavy atom. The number of esters is 1. The van der Waals surface area contributed by atoms with Gasteiger partial charge >= 0.3 is 12.0 Å². The lowest BCUT2D eigenvalue weighted by atomic mass is 9.95. The lowest BCUT2D eigenvalue weighted by molar-refractivity contribution is -0.136. The number of carbonyl (C=O) groups excluding carboxylic acids is 2. The van der Waals surface area contributed by atoms with Gasteiger partial charge in [0, 0.05) is 31.3 Å². The molecule has 0 bridgehead atoms. The number of amides is 2. The van der Waals surface area contributed by atoms with Crippen LogP contribution in [-0.4, -0.2) is 49.9 Å². The molecule has 11 nitrogen and oxygen atoms in total. The minimum absolute atomic E-state index is 0.186. The fraction of sp³-hybridized carbons (Fsp3) is 0.258. The van der Waals surface area contributed by atoms with E-state index < -0.39 is 24.3 Å². The summed E-state index contributed by atoms with van der Waals surface area (Å²) >= 11 is 19.3. The highest BCUT2D eigenvalue weighted by molar-refractivity contribution is 9.11. The maximum absolute atomic E-state index is 12.5. The topological polar surface area (TPSA) is 140 Å². The van der Waals surface area contributed by atoms with E-state index in [4.69, 9.17) is 42.1 Å². The summed E-state index contributed by atoms with van der Waals surface area (Å²) in [5, 5.41) is 21.1. The number of hydrazone groups is 1. The fourth-order valence-corrected chi connectivity index (χ4v) is 6.27. The smallest absolute Gasteiger partial charge is 0.337 e. The van der Waals surface area contributed by atoms with E-state index in [1.54, 1.807) is 56.3 Å². The highest BCUT2D eigenvalue weighted by atomic mass is 79.9. The first-order chi connectivity index (χ1) is 22.0. The van der Waals surface area contributed by atoms with Crippen LogP contribution in [0.25, 0.3) is 0 Å². The average Bonchev–Trinajstić information content (AvgIpc) is 3.00. The number of allylic oxidation sites excluding steroid dienone is 1. The molecule has 3 aromatic rings. The summed E-state index contributed by atoms with van der Waals surface area (Å²) in [6.45, 7) is 3.75. The van der Waals surface area contributed by atoms with Gasteiger partial charge in [0.15, 0.2) is 17.7 Å². The van der Waals surface area contributed by atoms with Gasteiger partial charge in [-0.1, -0.05) is 51.3 Å². The third-order valence-electron chi connectivity index (χ3n) is 6.52. The molecular weight excluding hydrogens is 771 g/mol. The van der Waals surface area contributed by atoms with E-state index in [0.717, 1.165) is 10.0 Å². The monoisotopic (exact) mass is 798 g/mol. The molecule has 0 saturated carbocycles. The molecule has 1 aliphatic rings. The minimum atomic E-state index is -1.20. The number of aliphatic hydroxyl groups excluding tert-OH is 1. The molecule has 0 aromatic heterocycles. The summed E-state index contributed by atoms with van der Waals surface area (Å²) in [6.07, 6.45) is 0.304. The maximum atomic E-state index is 12.5. The second-order valence-corrected chi connectivity index (χ2v) is 12.4. The van der Waals surface area contributed by atoms with Crippen LogP contribution in [0.5, 0.6) is 17.2 Å². The number of methoxy groups -OCH3 is 1. The van der Waals surface area contributed by atoms with Crippen LogP contribution in [0.1, 0.15) is 36.6 Å². The van der Waals surface area contributed by atoms with Gasteiger partial charge in [0.25, 0.3) is 0 Å². The molecule has 4 rings (SSSR count). The number of carbonyl (C=O) groups is 2. The Hall–Kier alpha value is -3.49. The Balaban J connectivity index is 1.43. The van der Waals surface area contributed by atoms with E-state index in [2.05, 4.69) is 53.0 Å². The number of benzene rings is 3. The molecule has 0 unspecified atom stereocenters. The van der Waals surface area contributed by atoms with Gasteiger partial charge in [0.05, 0.1) is 36.0 Å². The molecular formula is C31H30Br2Cl2N4O7. The van der Waals surface area contributed by atoms with Crippen molar-refractivity contribution in [3.8, 4) is 17.2 Å². The summed E-state index contributed by atoms with van der Waals surface area (Å²) in [5.74, 6) is 0.621. The first kappa shape index (κ1) is 35.4. The van der Waals surface area contributed by atoms with Gasteiger partial charge in [-0.25, -0.2) is 9.59 Å². The second kappa shape index (κ2) is 16.4. The number of rotatable bonds is 13. The van der Waals surface area contributed by atoms with E-state index in [0.29, 0.717) is 55.2 Å². The SMILES string of the molecule is CCOc1cc([C@H]2NC(=O)NC(C)=C2C(=O)OC)ccc1OC[C@H](O)N/N=C/c1cc(Br)cc(Br)c1OCc1ccc(Cl)cc1Cl. The number of hydrogen-bond acceptors (Lipinski definition) is 9. The molecule has 46 heavy (non-hydrogen) atoms. The molecule has 2 amide bonds. The van der Waals surface area contributed by atoms with Crippen molar-refractivity contribution in [3.05, 3.63) is 95.5 Å². The lowest BCUT2D eigenvalue weighted by Gasteiger charge is -2.28. The standard InChI is InChI=1S/C31H30Br2Cl2N4O7/c1-4-44-25-10-17(28-27(30(41)43-3)16(2)37-31(42)38-28)6-8-24(25)45-15-26(40)39-36-13-19-9-20(32)11-22(33)29(19)46-14-18-5-7-21(34)12-23(18)35/h5-13,26,28,39-40H,4,14-15H2,1-3H3,(H2,37,38,42)/b36-13+/t26-,28+/m0/s1. The number of nitrogens with zero attached hydrogens (tertiary/aromatic N) is 1. The summed E-state index contributed by atoms with van der Waals surface area (Å²) in [5.41, 5.74) is 5.22.